The number of amides is 1. The first kappa shape index (κ1) is 65.9. The molecular formula is C57H113N2O7P. The normalized spacial score (nSPS) is 14.6. The number of unbranched alkanes of at least 4 members (excludes halogenated alkanes) is 35. The molecular weight excluding hydrogens is 856 g/mol. The van der Waals surface area contributed by atoms with Gasteiger partial charge in [-0.3, -0.25) is 9.36 Å². The predicted molar refractivity (Wildman–Crippen MR) is 285 cm³/mol. The van der Waals surface area contributed by atoms with E-state index in [9.17, 15) is 24.5 Å². The summed E-state index contributed by atoms with van der Waals surface area (Å²) in [7, 11) is 1.12. The third-order valence-corrected chi connectivity index (χ3v) is 14.2. The van der Waals surface area contributed by atoms with Crippen molar-refractivity contribution in [2.45, 2.75) is 295 Å². The van der Waals surface area contributed by atoms with Crippen LogP contribution in [0.5, 0.6) is 0 Å². The first-order chi connectivity index (χ1) is 32.4. The Morgan fingerprint density at radius 2 is 0.851 bits per heavy atom. The molecule has 0 bridgehead atoms. The number of likely N-dealkylation sites (N-methyl/N-ethyl adjacent to an activating group) is 1. The van der Waals surface area contributed by atoms with Crippen LogP contribution in [0.25, 0.3) is 0 Å². The van der Waals surface area contributed by atoms with Crippen molar-refractivity contribution in [2.24, 2.45) is 0 Å². The third kappa shape index (κ3) is 49.7. The number of quaternary nitrogens is 1. The summed E-state index contributed by atoms with van der Waals surface area (Å²) in [5.41, 5.74) is 0. The van der Waals surface area contributed by atoms with Crippen LogP contribution in [-0.4, -0.2) is 79.8 Å². The van der Waals surface area contributed by atoms with Gasteiger partial charge in [0.15, 0.2) is 0 Å². The Labute approximate surface area is 416 Å². The standard InChI is InChI=1S/C57H113N2O7P/c1-6-8-10-12-14-16-18-20-21-22-23-24-25-26-27-28-29-30-31-32-33-34-35-36-37-38-40-42-44-46-48-50-56(61)58-54(53-66-67(63,64)65-52-51-59(3,4)5)57(62)55(60)49-47-45-43-41-39-19-17-15-13-11-9-7-2/h22-23,41,43,54-55,57,60,62H,6-21,24-40,42,44-53H2,1-5H3,(H-,58,61,63,64)/b23-22-,43-41+. The molecule has 0 spiro atoms. The summed E-state index contributed by atoms with van der Waals surface area (Å²) < 4.78 is 23.2. The fraction of sp³-hybridized carbons (Fsp3) is 0.912. The maximum atomic E-state index is 13.0. The number of allylic oxidation sites excluding steroid dienone is 4. The lowest BCUT2D eigenvalue weighted by Crippen LogP contribution is -2.51. The largest absolute Gasteiger partial charge is 0.756 e. The highest BCUT2D eigenvalue weighted by Crippen LogP contribution is 2.38. The topological polar surface area (TPSA) is 128 Å². The molecule has 9 nitrogen and oxygen atoms in total. The molecule has 0 rings (SSSR count). The molecule has 10 heteroatoms. The summed E-state index contributed by atoms with van der Waals surface area (Å²) in [5.74, 6) is -0.284. The maximum Gasteiger partial charge on any atom is 0.268 e. The van der Waals surface area contributed by atoms with Gasteiger partial charge in [0, 0.05) is 6.42 Å². The molecule has 0 aromatic carbocycles. The van der Waals surface area contributed by atoms with Crippen LogP contribution in [0.3, 0.4) is 0 Å². The number of rotatable bonds is 53. The van der Waals surface area contributed by atoms with Crippen molar-refractivity contribution >= 4 is 13.7 Å². The van der Waals surface area contributed by atoms with E-state index in [0.717, 1.165) is 32.1 Å². The molecule has 0 fully saturated rings. The minimum absolute atomic E-state index is 0.0441. The van der Waals surface area contributed by atoms with Crippen LogP contribution in [0, 0.1) is 0 Å². The summed E-state index contributed by atoms with van der Waals surface area (Å²) in [6.45, 7) is 4.43. The van der Waals surface area contributed by atoms with E-state index in [1.807, 2.05) is 21.1 Å². The lowest BCUT2D eigenvalue weighted by Gasteiger charge is -2.31. The van der Waals surface area contributed by atoms with Gasteiger partial charge >= 0.3 is 0 Å². The average molecular weight is 970 g/mol. The van der Waals surface area contributed by atoms with Crippen LogP contribution in [-0.2, 0) is 18.4 Å². The van der Waals surface area contributed by atoms with Crippen LogP contribution in [0.2, 0.25) is 0 Å². The van der Waals surface area contributed by atoms with Gasteiger partial charge in [-0.25, -0.2) is 0 Å². The van der Waals surface area contributed by atoms with Crippen molar-refractivity contribution in [2.75, 3.05) is 40.9 Å². The number of hydrogen-bond donors (Lipinski definition) is 3. The molecule has 4 unspecified atom stereocenters. The predicted octanol–water partition coefficient (Wildman–Crippen LogP) is 15.5. The Bertz CT molecular complexity index is 1160. The second-order valence-corrected chi connectivity index (χ2v) is 22.5. The number of phosphoric acid groups is 1. The molecule has 0 radical (unpaired) electrons. The second-order valence-electron chi connectivity index (χ2n) is 21.1. The summed E-state index contributed by atoms with van der Waals surface area (Å²) in [5, 5.41) is 24.7. The van der Waals surface area contributed by atoms with E-state index in [1.54, 1.807) is 0 Å². The molecule has 0 heterocycles. The Morgan fingerprint density at radius 1 is 0.522 bits per heavy atom. The van der Waals surface area contributed by atoms with Crippen LogP contribution in [0.15, 0.2) is 24.3 Å². The first-order valence-corrected chi connectivity index (χ1v) is 30.2. The monoisotopic (exact) mass is 969 g/mol. The molecule has 1 amide bonds. The highest BCUT2D eigenvalue weighted by molar-refractivity contribution is 7.45. The van der Waals surface area contributed by atoms with Crippen LogP contribution < -0.4 is 10.2 Å². The van der Waals surface area contributed by atoms with Crippen LogP contribution >= 0.6 is 7.82 Å². The molecule has 0 saturated carbocycles. The van der Waals surface area contributed by atoms with Crippen molar-refractivity contribution < 1.29 is 38.0 Å². The minimum Gasteiger partial charge on any atom is -0.756 e. The molecule has 0 aliphatic rings. The smallest absolute Gasteiger partial charge is 0.268 e. The molecule has 0 saturated heterocycles. The van der Waals surface area contributed by atoms with Gasteiger partial charge < -0.3 is 34.0 Å². The molecule has 0 aliphatic carbocycles. The molecule has 0 aromatic heterocycles. The Morgan fingerprint density at radius 3 is 1.21 bits per heavy atom. The summed E-state index contributed by atoms with van der Waals surface area (Å²) in [4.78, 5) is 25.5. The zero-order chi connectivity index (χ0) is 49.4. The van der Waals surface area contributed by atoms with E-state index in [4.69, 9.17) is 9.05 Å². The number of carbonyl (C=O) groups is 1. The molecule has 67 heavy (non-hydrogen) atoms. The number of carbonyl (C=O) groups excluding carboxylic acids is 1. The van der Waals surface area contributed by atoms with E-state index in [-0.39, 0.29) is 18.9 Å². The lowest BCUT2D eigenvalue weighted by atomic mass is 10.0. The van der Waals surface area contributed by atoms with Gasteiger partial charge in [-0.05, 0) is 64.2 Å². The van der Waals surface area contributed by atoms with Crippen molar-refractivity contribution in [3.63, 3.8) is 0 Å². The first-order valence-electron chi connectivity index (χ1n) is 28.8. The highest BCUT2D eigenvalue weighted by atomic mass is 31.2. The number of aliphatic hydroxyl groups excluding tert-OH is 2. The SMILES string of the molecule is CCCCCCCCC/C=C/CCCC(O)C(O)C(COP(=O)([O-])OCC[N+](C)(C)C)NC(=O)CCCCCCCCCCCCCCCCCCCCC/C=C\CCCCCCCCCC. The quantitative estimate of drug-likeness (QED) is 0.0240. The Balaban J connectivity index is 4.09. The average Bonchev–Trinajstić information content (AvgIpc) is 3.29. The van der Waals surface area contributed by atoms with E-state index < -0.39 is 32.7 Å². The van der Waals surface area contributed by atoms with E-state index >= 15 is 0 Å². The van der Waals surface area contributed by atoms with Gasteiger partial charge in [0.2, 0.25) is 5.91 Å². The van der Waals surface area contributed by atoms with Crippen molar-refractivity contribution in [1.29, 1.82) is 0 Å². The number of phosphoric ester groups is 1. The summed E-state index contributed by atoms with van der Waals surface area (Å²) in [6.07, 6.45) is 56.9. The van der Waals surface area contributed by atoms with Crippen LogP contribution in [0.4, 0.5) is 0 Å². The van der Waals surface area contributed by atoms with Gasteiger partial charge in [-0.2, -0.15) is 0 Å². The molecule has 398 valence electrons. The van der Waals surface area contributed by atoms with Gasteiger partial charge in [0.05, 0.1) is 39.9 Å². The van der Waals surface area contributed by atoms with Gasteiger partial charge in [0.25, 0.3) is 7.82 Å². The minimum atomic E-state index is -4.67. The van der Waals surface area contributed by atoms with E-state index in [1.165, 1.54) is 212 Å². The van der Waals surface area contributed by atoms with Crippen molar-refractivity contribution in [3.05, 3.63) is 24.3 Å². The van der Waals surface area contributed by atoms with Crippen molar-refractivity contribution in [3.8, 4) is 0 Å². The number of nitrogens with one attached hydrogen (secondary N) is 1. The highest BCUT2D eigenvalue weighted by Gasteiger charge is 2.29. The van der Waals surface area contributed by atoms with Gasteiger partial charge in [-0.1, -0.05) is 231 Å². The summed E-state index contributed by atoms with van der Waals surface area (Å²) >= 11 is 0. The van der Waals surface area contributed by atoms with Gasteiger partial charge in [-0.15, -0.1) is 0 Å². The second kappa shape index (κ2) is 48.6. The maximum absolute atomic E-state index is 13.0. The zero-order valence-corrected chi connectivity index (χ0v) is 45.9. The number of nitrogens with zero attached hydrogens (tertiary/aromatic N) is 1. The zero-order valence-electron chi connectivity index (χ0n) is 45.0. The number of hydrogen-bond acceptors (Lipinski definition) is 7. The number of aliphatic hydroxyl groups is 2. The lowest BCUT2D eigenvalue weighted by molar-refractivity contribution is -0.870. The summed E-state index contributed by atoms with van der Waals surface area (Å²) in [6, 6.07) is -1.09. The van der Waals surface area contributed by atoms with E-state index in [0.29, 0.717) is 23.9 Å². The molecule has 4 atom stereocenters. The molecule has 0 aliphatic heterocycles. The van der Waals surface area contributed by atoms with Crippen LogP contribution in [0.1, 0.15) is 277 Å². The van der Waals surface area contributed by atoms with Crippen molar-refractivity contribution in [1.82, 2.24) is 5.32 Å². The molecule has 3 N–H and O–H groups in total. The Kier molecular flexibility index (Phi) is 47.8. The van der Waals surface area contributed by atoms with Gasteiger partial charge in [0.1, 0.15) is 19.3 Å². The van der Waals surface area contributed by atoms with E-state index in [2.05, 4.69) is 43.5 Å². The fourth-order valence-corrected chi connectivity index (χ4v) is 9.39. The third-order valence-electron chi connectivity index (χ3n) is 13.3. The fourth-order valence-electron chi connectivity index (χ4n) is 8.66. The molecule has 0 aromatic rings. The Hall–Kier alpha value is -1.06.